The molecule has 0 bridgehead atoms. The van der Waals surface area contributed by atoms with E-state index in [-0.39, 0.29) is 17.1 Å². The Morgan fingerprint density at radius 2 is 2.00 bits per heavy atom. The van der Waals surface area contributed by atoms with Crippen LogP contribution in [0.25, 0.3) is 22.0 Å². The van der Waals surface area contributed by atoms with Crippen molar-refractivity contribution < 1.29 is 4.42 Å². The zero-order valence-electron chi connectivity index (χ0n) is 16.1. The number of H-pyrrole nitrogens is 1. The maximum Gasteiger partial charge on any atom is 0.263 e. The van der Waals surface area contributed by atoms with Gasteiger partial charge in [-0.15, -0.1) is 0 Å². The summed E-state index contributed by atoms with van der Waals surface area (Å²) in [5.74, 6) is 1.29. The summed E-state index contributed by atoms with van der Waals surface area (Å²) < 4.78 is 7.75. The summed E-state index contributed by atoms with van der Waals surface area (Å²) in [7, 11) is 1.89. The molecule has 0 fully saturated rings. The van der Waals surface area contributed by atoms with Crippen LogP contribution in [-0.2, 0) is 5.54 Å². The lowest BCUT2D eigenvalue weighted by Gasteiger charge is -2.24. The molecule has 7 nitrogen and oxygen atoms in total. The second-order valence-corrected chi connectivity index (χ2v) is 7.83. The summed E-state index contributed by atoms with van der Waals surface area (Å²) >= 11 is 0. The van der Waals surface area contributed by atoms with Gasteiger partial charge in [-0.3, -0.25) is 9.78 Å². The normalized spacial score (nSPS) is 13.4. The van der Waals surface area contributed by atoms with Crippen LogP contribution in [0.15, 0.2) is 45.7 Å². The SMILES string of the molecule is CC(c1cc2ccccc2o1)N(C)c1nc2c(cnn2C(C)(C)C)c(=O)[nH]1. The Bertz CT molecular complexity index is 1150. The number of nitrogens with zero attached hydrogens (tertiary/aromatic N) is 4. The molecule has 0 aliphatic heterocycles. The summed E-state index contributed by atoms with van der Waals surface area (Å²) in [6, 6.07) is 9.81. The molecule has 0 spiro atoms. The Labute approximate surface area is 156 Å². The Kier molecular flexibility index (Phi) is 3.83. The lowest BCUT2D eigenvalue weighted by Crippen LogP contribution is -2.28. The van der Waals surface area contributed by atoms with Gasteiger partial charge in [-0.1, -0.05) is 18.2 Å². The minimum atomic E-state index is -0.275. The van der Waals surface area contributed by atoms with Crippen LogP contribution in [0.2, 0.25) is 0 Å². The van der Waals surface area contributed by atoms with E-state index in [1.54, 1.807) is 10.9 Å². The first-order chi connectivity index (χ1) is 12.8. The van der Waals surface area contributed by atoms with Gasteiger partial charge in [0.2, 0.25) is 5.95 Å². The minimum Gasteiger partial charge on any atom is -0.459 e. The summed E-state index contributed by atoms with van der Waals surface area (Å²) in [5.41, 5.74) is 0.942. The Balaban J connectivity index is 1.77. The van der Waals surface area contributed by atoms with Crippen molar-refractivity contribution in [3.05, 3.63) is 52.6 Å². The highest BCUT2D eigenvalue weighted by Gasteiger charge is 2.23. The van der Waals surface area contributed by atoms with E-state index in [1.165, 1.54) is 0 Å². The Morgan fingerprint density at radius 1 is 1.26 bits per heavy atom. The van der Waals surface area contributed by atoms with Crippen LogP contribution in [0.1, 0.15) is 39.5 Å². The van der Waals surface area contributed by atoms with Gasteiger partial charge in [-0.25, -0.2) is 4.68 Å². The Hall–Kier alpha value is -3.09. The molecule has 1 N–H and O–H groups in total. The average Bonchev–Trinajstić information content (AvgIpc) is 3.24. The Morgan fingerprint density at radius 3 is 2.70 bits per heavy atom. The molecule has 0 saturated carbocycles. The number of furan rings is 1. The van der Waals surface area contributed by atoms with Crippen molar-refractivity contribution in [3.63, 3.8) is 0 Å². The molecule has 1 unspecified atom stereocenters. The van der Waals surface area contributed by atoms with Crippen molar-refractivity contribution in [2.24, 2.45) is 0 Å². The van der Waals surface area contributed by atoms with Gasteiger partial charge in [0.1, 0.15) is 16.7 Å². The van der Waals surface area contributed by atoms with E-state index in [0.29, 0.717) is 17.0 Å². The third-order valence-corrected chi connectivity index (χ3v) is 4.83. The topological polar surface area (TPSA) is 79.9 Å². The van der Waals surface area contributed by atoms with Gasteiger partial charge in [0, 0.05) is 12.4 Å². The fourth-order valence-electron chi connectivity index (χ4n) is 3.15. The number of nitrogens with one attached hydrogen (secondary N) is 1. The number of anilines is 1. The van der Waals surface area contributed by atoms with Crippen LogP contribution < -0.4 is 10.5 Å². The van der Waals surface area contributed by atoms with E-state index in [1.807, 2.05) is 70.0 Å². The van der Waals surface area contributed by atoms with Crippen LogP contribution in [-0.4, -0.2) is 26.8 Å². The fourth-order valence-corrected chi connectivity index (χ4v) is 3.15. The largest absolute Gasteiger partial charge is 0.459 e. The zero-order valence-corrected chi connectivity index (χ0v) is 16.1. The van der Waals surface area contributed by atoms with E-state index in [4.69, 9.17) is 9.40 Å². The third-order valence-electron chi connectivity index (χ3n) is 4.83. The van der Waals surface area contributed by atoms with E-state index in [2.05, 4.69) is 10.1 Å². The number of hydrogen-bond donors (Lipinski definition) is 1. The first kappa shape index (κ1) is 17.3. The molecule has 1 atom stereocenters. The first-order valence-corrected chi connectivity index (χ1v) is 8.95. The molecular formula is C20H23N5O2. The molecule has 3 aromatic heterocycles. The van der Waals surface area contributed by atoms with Gasteiger partial charge in [0.25, 0.3) is 5.56 Å². The van der Waals surface area contributed by atoms with Gasteiger partial charge in [-0.05, 0) is 39.8 Å². The monoisotopic (exact) mass is 365 g/mol. The molecule has 1 aromatic carbocycles. The number of rotatable bonds is 3. The smallest absolute Gasteiger partial charge is 0.263 e. The number of para-hydroxylation sites is 1. The molecule has 0 radical (unpaired) electrons. The van der Waals surface area contributed by atoms with Gasteiger partial charge in [-0.2, -0.15) is 10.1 Å². The number of aromatic amines is 1. The van der Waals surface area contributed by atoms with E-state index in [0.717, 1.165) is 16.7 Å². The average molecular weight is 365 g/mol. The molecule has 3 heterocycles. The predicted molar refractivity (Wildman–Crippen MR) is 106 cm³/mol. The van der Waals surface area contributed by atoms with Crippen LogP contribution in [0.4, 0.5) is 5.95 Å². The van der Waals surface area contributed by atoms with Crippen LogP contribution >= 0.6 is 0 Å². The number of hydrogen-bond acceptors (Lipinski definition) is 5. The molecule has 140 valence electrons. The second-order valence-electron chi connectivity index (χ2n) is 7.83. The van der Waals surface area contributed by atoms with Crippen molar-refractivity contribution in [3.8, 4) is 0 Å². The molecule has 0 amide bonds. The molecule has 0 saturated heterocycles. The van der Waals surface area contributed by atoms with Crippen molar-refractivity contribution in [1.82, 2.24) is 19.7 Å². The van der Waals surface area contributed by atoms with Gasteiger partial charge < -0.3 is 9.32 Å². The van der Waals surface area contributed by atoms with Gasteiger partial charge >= 0.3 is 0 Å². The van der Waals surface area contributed by atoms with Crippen LogP contribution in [0.3, 0.4) is 0 Å². The standard InChI is InChI=1S/C20H23N5O2/c1-12(16-10-13-8-6-7-9-15(13)27-16)24(5)19-22-17-14(18(26)23-19)11-21-25(17)20(2,3)4/h6-12H,1-5H3,(H,22,23,26). The van der Waals surface area contributed by atoms with Crippen LogP contribution in [0.5, 0.6) is 0 Å². The molecule has 0 aliphatic carbocycles. The number of aromatic nitrogens is 4. The lowest BCUT2D eigenvalue weighted by atomic mass is 10.1. The molecule has 4 rings (SSSR count). The van der Waals surface area contributed by atoms with Crippen molar-refractivity contribution in [2.45, 2.75) is 39.3 Å². The summed E-state index contributed by atoms with van der Waals surface area (Å²) in [6.07, 6.45) is 1.57. The zero-order chi connectivity index (χ0) is 19.3. The molecule has 0 aliphatic rings. The summed E-state index contributed by atoms with van der Waals surface area (Å²) in [5, 5.41) is 5.89. The minimum absolute atomic E-state index is 0.107. The maximum absolute atomic E-state index is 12.5. The highest BCUT2D eigenvalue weighted by Crippen LogP contribution is 2.29. The highest BCUT2D eigenvalue weighted by atomic mass is 16.3. The third kappa shape index (κ3) is 2.89. The molecule has 4 aromatic rings. The molecule has 27 heavy (non-hydrogen) atoms. The van der Waals surface area contributed by atoms with E-state index < -0.39 is 0 Å². The number of benzene rings is 1. The number of fused-ring (bicyclic) bond motifs is 2. The maximum atomic E-state index is 12.5. The van der Waals surface area contributed by atoms with Gasteiger partial charge in [0.15, 0.2) is 5.65 Å². The van der Waals surface area contributed by atoms with Crippen molar-refractivity contribution >= 4 is 28.0 Å². The van der Waals surface area contributed by atoms with E-state index >= 15 is 0 Å². The lowest BCUT2D eigenvalue weighted by molar-refractivity contribution is 0.366. The quantitative estimate of drug-likeness (QED) is 0.597. The summed E-state index contributed by atoms with van der Waals surface area (Å²) in [4.78, 5) is 22.0. The van der Waals surface area contributed by atoms with E-state index in [9.17, 15) is 4.79 Å². The first-order valence-electron chi connectivity index (χ1n) is 8.95. The van der Waals surface area contributed by atoms with Crippen molar-refractivity contribution in [2.75, 3.05) is 11.9 Å². The predicted octanol–water partition coefficient (Wildman–Crippen LogP) is 3.82. The van der Waals surface area contributed by atoms with Crippen LogP contribution in [0, 0.1) is 0 Å². The second kappa shape index (κ2) is 5.97. The molecular weight excluding hydrogens is 342 g/mol. The van der Waals surface area contributed by atoms with Crippen molar-refractivity contribution in [1.29, 1.82) is 0 Å². The highest BCUT2D eigenvalue weighted by molar-refractivity contribution is 5.78. The van der Waals surface area contributed by atoms with Gasteiger partial charge in [0.05, 0.1) is 17.8 Å². The summed E-state index contributed by atoms with van der Waals surface area (Å²) in [6.45, 7) is 8.11. The molecule has 7 heteroatoms. The fraction of sp³-hybridized carbons (Fsp3) is 0.350.